The molecular weight excluding hydrogens is 212 g/mol. The van der Waals surface area contributed by atoms with Crippen molar-refractivity contribution >= 4 is 11.6 Å². The Morgan fingerprint density at radius 2 is 1.76 bits per heavy atom. The zero-order chi connectivity index (χ0) is 12.4. The summed E-state index contributed by atoms with van der Waals surface area (Å²) in [5.74, 6) is 0.725. The standard InChI is InChI=1S/C14H20N2O/c1-11(2)12-4-6-13(7-5-12)16-9-8-15(3)10-14(16)17/h4-7,11H,8-10H2,1-3H3. The number of likely N-dealkylation sites (N-methyl/N-ethyl adjacent to an activating group) is 1. The van der Waals surface area contributed by atoms with Gasteiger partial charge in [-0.2, -0.15) is 0 Å². The number of hydrogen-bond donors (Lipinski definition) is 0. The Morgan fingerprint density at radius 3 is 2.29 bits per heavy atom. The molecule has 1 aliphatic heterocycles. The van der Waals surface area contributed by atoms with Crippen LogP contribution in [0.2, 0.25) is 0 Å². The molecule has 0 radical (unpaired) electrons. The third-order valence-electron chi connectivity index (χ3n) is 3.28. The first-order chi connectivity index (χ1) is 8.08. The van der Waals surface area contributed by atoms with Crippen LogP contribution < -0.4 is 4.90 Å². The van der Waals surface area contributed by atoms with Gasteiger partial charge in [0.2, 0.25) is 5.91 Å². The number of amides is 1. The van der Waals surface area contributed by atoms with Crippen molar-refractivity contribution < 1.29 is 4.79 Å². The molecule has 0 N–H and O–H groups in total. The molecule has 1 amide bonds. The maximum atomic E-state index is 11.9. The summed E-state index contributed by atoms with van der Waals surface area (Å²) in [6.45, 7) is 6.60. The number of benzene rings is 1. The monoisotopic (exact) mass is 232 g/mol. The lowest BCUT2D eigenvalue weighted by Gasteiger charge is -2.32. The van der Waals surface area contributed by atoms with Gasteiger partial charge in [0.25, 0.3) is 0 Å². The zero-order valence-corrected chi connectivity index (χ0v) is 10.8. The number of anilines is 1. The van der Waals surface area contributed by atoms with Gasteiger partial charge in [-0.1, -0.05) is 26.0 Å². The fourth-order valence-corrected chi connectivity index (χ4v) is 2.10. The largest absolute Gasteiger partial charge is 0.310 e. The second-order valence-corrected chi connectivity index (χ2v) is 5.03. The molecular formula is C14H20N2O. The fourth-order valence-electron chi connectivity index (χ4n) is 2.10. The maximum absolute atomic E-state index is 11.9. The van der Waals surface area contributed by atoms with Crippen LogP contribution in [0.3, 0.4) is 0 Å². The predicted molar refractivity (Wildman–Crippen MR) is 70.4 cm³/mol. The average Bonchev–Trinajstić information content (AvgIpc) is 2.29. The van der Waals surface area contributed by atoms with Crippen molar-refractivity contribution in [2.75, 3.05) is 31.6 Å². The minimum Gasteiger partial charge on any atom is -0.310 e. The second kappa shape index (κ2) is 4.88. The number of hydrogen-bond acceptors (Lipinski definition) is 2. The lowest BCUT2D eigenvalue weighted by molar-refractivity contribution is -0.120. The van der Waals surface area contributed by atoms with Crippen LogP contribution >= 0.6 is 0 Å². The van der Waals surface area contributed by atoms with Gasteiger partial charge in [0, 0.05) is 18.8 Å². The molecule has 1 aliphatic rings. The van der Waals surface area contributed by atoms with Crippen molar-refractivity contribution in [2.45, 2.75) is 19.8 Å². The molecule has 0 atom stereocenters. The summed E-state index contributed by atoms with van der Waals surface area (Å²) < 4.78 is 0. The molecule has 17 heavy (non-hydrogen) atoms. The molecule has 1 aromatic carbocycles. The molecule has 0 aromatic heterocycles. The molecule has 1 fully saturated rings. The highest BCUT2D eigenvalue weighted by Crippen LogP contribution is 2.21. The smallest absolute Gasteiger partial charge is 0.241 e. The number of piperazine rings is 1. The molecule has 1 saturated heterocycles. The Labute approximate surface area is 103 Å². The van der Waals surface area contributed by atoms with Crippen LogP contribution in [0.5, 0.6) is 0 Å². The third kappa shape index (κ3) is 2.67. The first kappa shape index (κ1) is 12.1. The lowest BCUT2D eigenvalue weighted by Crippen LogP contribution is -2.48. The van der Waals surface area contributed by atoms with Gasteiger partial charge in [-0.15, -0.1) is 0 Å². The first-order valence-corrected chi connectivity index (χ1v) is 6.17. The van der Waals surface area contributed by atoms with E-state index in [1.165, 1.54) is 5.56 Å². The molecule has 0 saturated carbocycles. The number of rotatable bonds is 2. The molecule has 92 valence electrons. The van der Waals surface area contributed by atoms with E-state index in [0.717, 1.165) is 18.8 Å². The van der Waals surface area contributed by atoms with Crippen molar-refractivity contribution in [1.29, 1.82) is 0 Å². The van der Waals surface area contributed by atoms with Gasteiger partial charge in [-0.05, 0) is 30.7 Å². The number of carbonyl (C=O) groups is 1. The highest BCUT2D eigenvalue weighted by Gasteiger charge is 2.22. The Hall–Kier alpha value is -1.35. The van der Waals surface area contributed by atoms with E-state index < -0.39 is 0 Å². The van der Waals surface area contributed by atoms with E-state index in [4.69, 9.17) is 0 Å². The minimum absolute atomic E-state index is 0.191. The topological polar surface area (TPSA) is 23.6 Å². The van der Waals surface area contributed by atoms with Gasteiger partial charge in [0.15, 0.2) is 0 Å². The van der Waals surface area contributed by atoms with Crippen LogP contribution in [0.15, 0.2) is 24.3 Å². The fraction of sp³-hybridized carbons (Fsp3) is 0.500. The summed E-state index contributed by atoms with van der Waals surface area (Å²) in [5.41, 5.74) is 2.34. The van der Waals surface area contributed by atoms with Crippen LogP contribution in [-0.2, 0) is 4.79 Å². The van der Waals surface area contributed by atoms with E-state index in [1.807, 2.05) is 11.9 Å². The molecule has 0 unspecified atom stereocenters. The predicted octanol–water partition coefficient (Wildman–Crippen LogP) is 2.09. The quantitative estimate of drug-likeness (QED) is 0.779. The highest BCUT2D eigenvalue weighted by atomic mass is 16.2. The van der Waals surface area contributed by atoms with E-state index in [1.54, 1.807) is 0 Å². The Bertz CT molecular complexity index is 397. The van der Waals surface area contributed by atoms with Crippen LogP contribution in [0.1, 0.15) is 25.3 Å². The Morgan fingerprint density at radius 1 is 1.12 bits per heavy atom. The zero-order valence-electron chi connectivity index (χ0n) is 10.8. The molecule has 2 rings (SSSR count). The van der Waals surface area contributed by atoms with Crippen LogP contribution in [-0.4, -0.2) is 37.5 Å². The van der Waals surface area contributed by atoms with Crippen molar-refractivity contribution in [3.8, 4) is 0 Å². The summed E-state index contributed by atoms with van der Waals surface area (Å²) in [6, 6.07) is 8.34. The van der Waals surface area contributed by atoms with Gasteiger partial charge in [0.05, 0.1) is 6.54 Å². The van der Waals surface area contributed by atoms with Crippen molar-refractivity contribution in [1.82, 2.24) is 4.90 Å². The Kier molecular flexibility index (Phi) is 3.48. The van der Waals surface area contributed by atoms with Crippen molar-refractivity contribution in [3.63, 3.8) is 0 Å². The van der Waals surface area contributed by atoms with E-state index in [0.29, 0.717) is 12.5 Å². The average molecular weight is 232 g/mol. The lowest BCUT2D eigenvalue weighted by atomic mass is 10.0. The molecule has 3 nitrogen and oxygen atoms in total. The summed E-state index contributed by atoms with van der Waals surface area (Å²) in [6.07, 6.45) is 0. The van der Waals surface area contributed by atoms with Crippen LogP contribution in [0, 0.1) is 0 Å². The van der Waals surface area contributed by atoms with Gasteiger partial charge < -0.3 is 4.90 Å². The molecule has 0 bridgehead atoms. The van der Waals surface area contributed by atoms with E-state index in [9.17, 15) is 4.79 Å². The highest BCUT2D eigenvalue weighted by molar-refractivity contribution is 5.95. The van der Waals surface area contributed by atoms with Crippen molar-refractivity contribution in [2.24, 2.45) is 0 Å². The maximum Gasteiger partial charge on any atom is 0.241 e. The molecule has 1 heterocycles. The van der Waals surface area contributed by atoms with E-state index in [2.05, 4.69) is 43.0 Å². The number of nitrogens with zero attached hydrogens (tertiary/aromatic N) is 2. The summed E-state index contributed by atoms with van der Waals surface area (Å²) >= 11 is 0. The molecule has 1 aromatic rings. The SMILES string of the molecule is CC(C)c1ccc(N2CCN(C)CC2=O)cc1. The third-order valence-corrected chi connectivity index (χ3v) is 3.28. The summed E-state index contributed by atoms with van der Waals surface area (Å²) in [5, 5.41) is 0. The van der Waals surface area contributed by atoms with Crippen LogP contribution in [0.4, 0.5) is 5.69 Å². The van der Waals surface area contributed by atoms with Gasteiger partial charge in [-0.3, -0.25) is 9.69 Å². The molecule has 0 spiro atoms. The van der Waals surface area contributed by atoms with Crippen LogP contribution in [0.25, 0.3) is 0 Å². The number of carbonyl (C=O) groups excluding carboxylic acids is 1. The van der Waals surface area contributed by atoms with E-state index in [-0.39, 0.29) is 5.91 Å². The summed E-state index contributed by atoms with van der Waals surface area (Å²) in [4.78, 5) is 15.8. The Balaban J connectivity index is 2.14. The van der Waals surface area contributed by atoms with Gasteiger partial charge in [0.1, 0.15) is 0 Å². The van der Waals surface area contributed by atoms with Gasteiger partial charge >= 0.3 is 0 Å². The second-order valence-electron chi connectivity index (χ2n) is 5.03. The summed E-state index contributed by atoms with van der Waals surface area (Å²) in [7, 11) is 1.98. The normalized spacial score (nSPS) is 17.9. The minimum atomic E-state index is 0.191. The molecule has 3 heteroatoms. The van der Waals surface area contributed by atoms with Crippen molar-refractivity contribution in [3.05, 3.63) is 29.8 Å². The molecule has 0 aliphatic carbocycles. The van der Waals surface area contributed by atoms with E-state index >= 15 is 0 Å². The van der Waals surface area contributed by atoms with Gasteiger partial charge in [-0.25, -0.2) is 0 Å². The first-order valence-electron chi connectivity index (χ1n) is 6.17.